The number of hydrogen-bond acceptors (Lipinski definition) is 0. The van der Waals surface area contributed by atoms with Crippen LogP contribution < -0.4 is 0 Å². The highest BCUT2D eigenvalue weighted by Gasteiger charge is 2.41. The molecule has 29 heavy (non-hydrogen) atoms. The van der Waals surface area contributed by atoms with Crippen molar-refractivity contribution in [1.29, 1.82) is 0 Å². The molecule has 0 aliphatic heterocycles. The highest BCUT2D eigenvalue weighted by atomic mass is 19.2. The first-order valence-electron chi connectivity index (χ1n) is 9.96. The van der Waals surface area contributed by atoms with E-state index in [9.17, 15) is 17.6 Å². The van der Waals surface area contributed by atoms with Crippen LogP contribution in [0.4, 0.5) is 17.6 Å². The van der Waals surface area contributed by atoms with Gasteiger partial charge in [-0.3, -0.25) is 0 Å². The largest absolute Gasteiger partial charge is 0.244 e. The molecule has 0 radical (unpaired) electrons. The molecule has 2 aromatic rings. The van der Waals surface area contributed by atoms with Gasteiger partial charge in [0, 0.05) is 17.4 Å². The van der Waals surface area contributed by atoms with Gasteiger partial charge in [0.1, 0.15) is 12.3 Å². The maximum Gasteiger partial charge on any atom is 0.166 e. The van der Waals surface area contributed by atoms with Crippen LogP contribution in [0.25, 0.3) is 11.1 Å². The summed E-state index contributed by atoms with van der Waals surface area (Å²) in [5, 5.41) is 0. The Labute approximate surface area is 170 Å². The van der Waals surface area contributed by atoms with E-state index in [0.29, 0.717) is 47.9 Å². The van der Waals surface area contributed by atoms with E-state index in [0.717, 1.165) is 0 Å². The third-order valence-corrected chi connectivity index (χ3v) is 5.92. The Kier molecular flexibility index (Phi) is 6.61. The number of benzene rings is 2. The second-order valence-electron chi connectivity index (χ2n) is 7.88. The Bertz CT molecular complexity index is 884. The molecule has 4 heteroatoms. The number of hydrogen-bond donors (Lipinski definition) is 0. The van der Waals surface area contributed by atoms with Crippen molar-refractivity contribution < 1.29 is 17.6 Å². The summed E-state index contributed by atoms with van der Waals surface area (Å²) in [6, 6.07) is 9.78. The zero-order valence-electron chi connectivity index (χ0n) is 16.6. The van der Waals surface area contributed by atoms with Crippen LogP contribution in [0.1, 0.15) is 43.2 Å². The number of halogens is 4. The third kappa shape index (κ3) is 4.31. The predicted octanol–water partition coefficient (Wildman–Crippen LogP) is 7.50. The topological polar surface area (TPSA) is 0 Å². The molecule has 2 aromatic carbocycles. The summed E-state index contributed by atoms with van der Waals surface area (Å²) in [7, 11) is 0. The first-order chi connectivity index (χ1) is 13.8. The Morgan fingerprint density at radius 3 is 2.31 bits per heavy atom. The normalized spacial score (nSPS) is 24.3. The molecule has 0 amide bonds. The van der Waals surface area contributed by atoms with Crippen LogP contribution in [0.15, 0.2) is 61.2 Å². The molecule has 3 rings (SSSR count). The van der Waals surface area contributed by atoms with E-state index in [1.807, 2.05) is 0 Å². The van der Waals surface area contributed by atoms with Crippen molar-refractivity contribution in [1.82, 2.24) is 0 Å². The van der Waals surface area contributed by atoms with Crippen molar-refractivity contribution in [3.05, 3.63) is 84.0 Å². The van der Waals surface area contributed by atoms with Crippen LogP contribution in [-0.2, 0) is 6.42 Å². The standard InChI is InChI=1S/C25H26F4/c1-4-5-6-18-11-12-20(24(28)22(18)26)16-7-9-17(10-8-16)21-14-13-19(15(2)3)23(27)25(21)29/h4,7-12,19,21,23,25H,1-2,5-6,13-14H2,3H3. The minimum atomic E-state index is -1.60. The molecule has 0 nitrogen and oxygen atoms in total. The minimum Gasteiger partial charge on any atom is -0.244 e. The Morgan fingerprint density at radius 1 is 1.00 bits per heavy atom. The molecule has 1 fully saturated rings. The first kappa shape index (κ1) is 21.4. The zero-order chi connectivity index (χ0) is 21.1. The van der Waals surface area contributed by atoms with Gasteiger partial charge in [-0.1, -0.05) is 54.6 Å². The van der Waals surface area contributed by atoms with Crippen LogP contribution >= 0.6 is 0 Å². The molecule has 0 N–H and O–H groups in total. The molecule has 1 saturated carbocycles. The van der Waals surface area contributed by atoms with Gasteiger partial charge < -0.3 is 0 Å². The fourth-order valence-electron chi connectivity index (χ4n) is 4.16. The molecule has 0 bridgehead atoms. The van der Waals surface area contributed by atoms with Gasteiger partial charge in [-0.15, -0.1) is 6.58 Å². The molecule has 0 saturated heterocycles. The number of allylic oxidation sites excluding steroid dienone is 2. The second kappa shape index (κ2) is 8.98. The second-order valence-corrected chi connectivity index (χ2v) is 7.88. The van der Waals surface area contributed by atoms with E-state index in [1.165, 1.54) is 0 Å². The van der Waals surface area contributed by atoms with Crippen LogP contribution in [-0.4, -0.2) is 12.3 Å². The summed E-state index contributed by atoms with van der Waals surface area (Å²) in [5.41, 5.74) is 2.31. The molecule has 4 atom stereocenters. The maximum atomic E-state index is 14.7. The molecule has 1 aliphatic rings. The molecular formula is C25H26F4. The summed E-state index contributed by atoms with van der Waals surface area (Å²) in [4.78, 5) is 0. The third-order valence-electron chi connectivity index (χ3n) is 5.92. The lowest BCUT2D eigenvalue weighted by molar-refractivity contribution is 0.0641. The highest BCUT2D eigenvalue weighted by molar-refractivity contribution is 5.65. The summed E-state index contributed by atoms with van der Waals surface area (Å²) in [6.45, 7) is 9.09. The van der Waals surface area contributed by atoms with Gasteiger partial charge in [0.05, 0.1) is 0 Å². The highest BCUT2D eigenvalue weighted by Crippen LogP contribution is 2.42. The van der Waals surface area contributed by atoms with Crippen molar-refractivity contribution in [2.24, 2.45) is 5.92 Å². The van der Waals surface area contributed by atoms with Crippen molar-refractivity contribution in [3.8, 4) is 11.1 Å². The van der Waals surface area contributed by atoms with E-state index < -0.39 is 35.8 Å². The molecule has 0 aromatic heterocycles. The van der Waals surface area contributed by atoms with Crippen molar-refractivity contribution in [2.75, 3.05) is 0 Å². The van der Waals surface area contributed by atoms with Crippen molar-refractivity contribution in [3.63, 3.8) is 0 Å². The van der Waals surface area contributed by atoms with Gasteiger partial charge in [-0.2, -0.15) is 0 Å². The molecular weight excluding hydrogens is 376 g/mol. The summed E-state index contributed by atoms with van der Waals surface area (Å²) < 4.78 is 58.0. The van der Waals surface area contributed by atoms with Gasteiger partial charge in [0.2, 0.25) is 0 Å². The van der Waals surface area contributed by atoms with Crippen LogP contribution in [0.5, 0.6) is 0 Å². The molecule has 154 valence electrons. The van der Waals surface area contributed by atoms with E-state index >= 15 is 0 Å². The monoisotopic (exact) mass is 402 g/mol. The Hall–Kier alpha value is -2.36. The van der Waals surface area contributed by atoms with Crippen LogP contribution in [0.3, 0.4) is 0 Å². The molecule has 0 heterocycles. The zero-order valence-corrected chi connectivity index (χ0v) is 16.6. The number of rotatable bonds is 6. The first-order valence-corrected chi connectivity index (χ1v) is 9.96. The fourth-order valence-corrected chi connectivity index (χ4v) is 4.16. The van der Waals surface area contributed by atoms with E-state index in [-0.39, 0.29) is 5.56 Å². The number of aryl methyl sites for hydroxylation is 1. The van der Waals surface area contributed by atoms with Gasteiger partial charge in [0.15, 0.2) is 11.6 Å². The summed E-state index contributed by atoms with van der Waals surface area (Å²) in [6.07, 6.45) is 0.525. The van der Waals surface area contributed by atoms with Gasteiger partial charge in [-0.05, 0) is 49.3 Å². The smallest absolute Gasteiger partial charge is 0.166 e. The Balaban J connectivity index is 1.81. The van der Waals surface area contributed by atoms with Crippen LogP contribution in [0, 0.1) is 17.6 Å². The van der Waals surface area contributed by atoms with Crippen LogP contribution in [0.2, 0.25) is 0 Å². The summed E-state index contributed by atoms with van der Waals surface area (Å²) in [5.74, 6) is -2.74. The SMILES string of the molecule is C=CCCc1ccc(-c2ccc(C3CCC(C(=C)C)C(F)C3F)cc2)c(F)c1F. The van der Waals surface area contributed by atoms with E-state index in [1.54, 1.807) is 49.4 Å². The lowest BCUT2D eigenvalue weighted by Gasteiger charge is -2.35. The molecule has 0 spiro atoms. The fraction of sp³-hybridized carbons (Fsp3) is 0.360. The lowest BCUT2D eigenvalue weighted by atomic mass is 9.74. The summed E-state index contributed by atoms with van der Waals surface area (Å²) >= 11 is 0. The molecule has 4 unspecified atom stereocenters. The average molecular weight is 402 g/mol. The van der Waals surface area contributed by atoms with E-state index in [4.69, 9.17) is 0 Å². The van der Waals surface area contributed by atoms with Crippen molar-refractivity contribution in [2.45, 2.75) is 50.9 Å². The average Bonchev–Trinajstić information content (AvgIpc) is 2.71. The van der Waals surface area contributed by atoms with Gasteiger partial charge >= 0.3 is 0 Å². The molecule has 1 aliphatic carbocycles. The Morgan fingerprint density at radius 2 is 1.69 bits per heavy atom. The maximum absolute atomic E-state index is 14.7. The van der Waals surface area contributed by atoms with E-state index in [2.05, 4.69) is 13.2 Å². The predicted molar refractivity (Wildman–Crippen MR) is 110 cm³/mol. The minimum absolute atomic E-state index is 0.155. The van der Waals surface area contributed by atoms with Gasteiger partial charge in [-0.25, -0.2) is 17.6 Å². The quantitative estimate of drug-likeness (QED) is 0.347. The van der Waals surface area contributed by atoms with Crippen molar-refractivity contribution >= 4 is 0 Å². The number of alkyl halides is 2. The lowest BCUT2D eigenvalue weighted by Crippen LogP contribution is -2.37. The van der Waals surface area contributed by atoms with Gasteiger partial charge in [0.25, 0.3) is 0 Å².